The van der Waals surface area contributed by atoms with Crippen LogP contribution in [-0.4, -0.2) is 26.0 Å². The van der Waals surface area contributed by atoms with Crippen LogP contribution in [-0.2, 0) is 16.6 Å². The van der Waals surface area contributed by atoms with Crippen molar-refractivity contribution in [3.05, 3.63) is 108 Å². The van der Waals surface area contributed by atoms with Crippen LogP contribution in [0.5, 0.6) is 0 Å². The third kappa shape index (κ3) is 4.32. The van der Waals surface area contributed by atoms with Crippen LogP contribution in [0.1, 0.15) is 11.1 Å². The number of hydrogen-bond acceptors (Lipinski definition) is 3. The van der Waals surface area contributed by atoms with E-state index in [1.807, 2.05) is 60.8 Å². The van der Waals surface area contributed by atoms with Gasteiger partial charge in [0, 0.05) is 25.4 Å². The Balaban J connectivity index is 1.53. The standard InChI is InChI=1S/C25H22N2O2S/c1-27(19-20-8-3-2-4-9-20)30(28,29)24-16-14-23(15-17-24)26-18-22-12-7-11-21-10-5-6-13-25(21)22/h2-18H,19H2,1H3. The van der Waals surface area contributed by atoms with E-state index < -0.39 is 10.0 Å². The van der Waals surface area contributed by atoms with E-state index in [1.54, 1.807) is 31.3 Å². The van der Waals surface area contributed by atoms with E-state index in [1.165, 1.54) is 4.31 Å². The first-order chi connectivity index (χ1) is 14.5. The van der Waals surface area contributed by atoms with Crippen molar-refractivity contribution in [2.24, 2.45) is 4.99 Å². The first-order valence-electron chi connectivity index (χ1n) is 9.66. The molecule has 0 saturated heterocycles. The molecule has 0 aliphatic carbocycles. The van der Waals surface area contributed by atoms with Crippen molar-refractivity contribution in [2.75, 3.05) is 7.05 Å². The smallest absolute Gasteiger partial charge is 0.243 e. The quantitative estimate of drug-likeness (QED) is 0.396. The number of fused-ring (bicyclic) bond motifs is 1. The minimum absolute atomic E-state index is 0.255. The molecule has 0 fully saturated rings. The topological polar surface area (TPSA) is 49.7 Å². The van der Waals surface area contributed by atoms with Gasteiger partial charge in [0.05, 0.1) is 10.6 Å². The molecule has 0 aromatic heterocycles. The Kier molecular flexibility index (Phi) is 5.74. The highest BCUT2D eigenvalue weighted by Crippen LogP contribution is 2.22. The number of hydrogen-bond donors (Lipinski definition) is 0. The van der Waals surface area contributed by atoms with E-state index in [9.17, 15) is 8.42 Å². The van der Waals surface area contributed by atoms with Crippen LogP contribution < -0.4 is 0 Å². The number of rotatable bonds is 6. The zero-order valence-electron chi connectivity index (χ0n) is 16.6. The van der Waals surface area contributed by atoms with Crippen LogP contribution in [0, 0.1) is 0 Å². The van der Waals surface area contributed by atoms with E-state index in [4.69, 9.17) is 0 Å². The minimum Gasteiger partial charge on any atom is -0.256 e. The zero-order valence-corrected chi connectivity index (χ0v) is 17.5. The summed E-state index contributed by atoms with van der Waals surface area (Å²) in [7, 11) is -1.98. The third-order valence-corrected chi connectivity index (χ3v) is 6.79. The largest absolute Gasteiger partial charge is 0.256 e. The average molecular weight is 415 g/mol. The van der Waals surface area contributed by atoms with Crippen molar-refractivity contribution in [1.82, 2.24) is 4.31 Å². The molecule has 4 aromatic carbocycles. The van der Waals surface area contributed by atoms with Crippen LogP contribution in [0.15, 0.2) is 107 Å². The maximum atomic E-state index is 12.9. The summed E-state index contributed by atoms with van der Waals surface area (Å²) in [6, 6.07) is 30.4. The van der Waals surface area contributed by atoms with Gasteiger partial charge in [0.25, 0.3) is 0 Å². The highest BCUT2D eigenvalue weighted by molar-refractivity contribution is 7.89. The van der Waals surface area contributed by atoms with Crippen molar-refractivity contribution < 1.29 is 8.42 Å². The van der Waals surface area contributed by atoms with Gasteiger partial charge in [0.2, 0.25) is 10.0 Å². The summed E-state index contributed by atoms with van der Waals surface area (Å²) in [6.45, 7) is 0.324. The molecule has 150 valence electrons. The Morgan fingerprint density at radius 1 is 0.800 bits per heavy atom. The molecule has 0 aliphatic rings. The fourth-order valence-corrected chi connectivity index (χ4v) is 4.48. The van der Waals surface area contributed by atoms with Crippen molar-refractivity contribution in [1.29, 1.82) is 0 Å². The zero-order chi connectivity index (χ0) is 21.0. The second-order valence-electron chi connectivity index (χ2n) is 7.07. The van der Waals surface area contributed by atoms with Crippen LogP contribution in [0.3, 0.4) is 0 Å². The molecule has 0 atom stereocenters. The lowest BCUT2D eigenvalue weighted by Crippen LogP contribution is -2.26. The molecule has 0 spiro atoms. The monoisotopic (exact) mass is 414 g/mol. The summed E-state index contributed by atoms with van der Waals surface area (Å²) in [5.74, 6) is 0. The first kappa shape index (κ1) is 20.0. The predicted molar refractivity (Wildman–Crippen MR) is 123 cm³/mol. The average Bonchev–Trinajstić information content (AvgIpc) is 2.78. The molecule has 0 bridgehead atoms. The summed E-state index contributed by atoms with van der Waals surface area (Å²) >= 11 is 0. The lowest BCUT2D eigenvalue weighted by atomic mass is 10.1. The van der Waals surface area contributed by atoms with Crippen molar-refractivity contribution >= 4 is 32.7 Å². The molecular weight excluding hydrogens is 392 g/mol. The fourth-order valence-electron chi connectivity index (χ4n) is 3.32. The molecular formula is C25H22N2O2S. The second-order valence-corrected chi connectivity index (χ2v) is 9.11. The lowest BCUT2D eigenvalue weighted by Gasteiger charge is -2.17. The highest BCUT2D eigenvalue weighted by atomic mass is 32.2. The molecule has 4 aromatic rings. The number of nitrogens with zero attached hydrogens (tertiary/aromatic N) is 2. The molecule has 0 radical (unpaired) electrons. The highest BCUT2D eigenvalue weighted by Gasteiger charge is 2.20. The van der Waals surface area contributed by atoms with Crippen LogP contribution in [0.2, 0.25) is 0 Å². The number of benzene rings is 4. The maximum absolute atomic E-state index is 12.9. The van der Waals surface area contributed by atoms with Crippen molar-refractivity contribution in [2.45, 2.75) is 11.4 Å². The molecule has 0 amide bonds. The Hall–Kier alpha value is -3.28. The van der Waals surface area contributed by atoms with Gasteiger partial charge in [0.1, 0.15) is 0 Å². The summed E-state index contributed by atoms with van der Waals surface area (Å²) in [6.07, 6.45) is 1.81. The van der Waals surface area contributed by atoms with Gasteiger partial charge in [-0.25, -0.2) is 8.42 Å². The molecule has 30 heavy (non-hydrogen) atoms. The molecule has 4 rings (SSSR count). The van der Waals surface area contributed by atoms with Crippen molar-refractivity contribution in [3.63, 3.8) is 0 Å². The molecule has 0 unspecified atom stereocenters. The van der Waals surface area contributed by atoms with E-state index >= 15 is 0 Å². The van der Waals surface area contributed by atoms with Gasteiger partial charge in [-0.1, -0.05) is 72.8 Å². The van der Waals surface area contributed by atoms with Gasteiger partial charge in [0.15, 0.2) is 0 Å². The van der Waals surface area contributed by atoms with Crippen molar-refractivity contribution in [3.8, 4) is 0 Å². The van der Waals surface area contributed by atoms with Gasteiger partial charge >= 0.3 is 0 Å². The normalized spacial score (nSPS) is 12.1. The molecule has 5 heteroatoms. The van der Waals surface area contributed by atoms with Gasteiger partial charge in [-0.15, -0.1) is 0 Å². The Labute approximate surface area is 177 Å². The maximum Gasteiger partial charge on any atom is 0.243 e. The van der Waals surface area contributed by atoms with Gasteiger partial charge in [-0.3, -0.25) is 4.99 Å². The molecule has 0 N–H and O–H groups in total. The molecule has 0 heterocycles. The second kappa shape index (κ2) is 8.61. The first-order valence-corrected chi connectivity index (χ1v) is 11.1. The summed E-state index contributed by atoms with van der Waals surface area (Å²) in [5.41, 5.74) is 2.67. The minimum atomic E-state index is -3.57. The van der Waals surface area contributed by atoms with Crippen LogP contribution >= 0.6 is 0 Å². The summed E-state index contributed by atoms with van der Waals surface area (Å²) < 4.78 is 27.1. The van der Waals surface area contributed by atoms with Gasteiger partial charge in [-0.05, 0) is 40.6 Å². The van der Waals surface area contributed by atoms with E-state index in [2.05, 4.69) is 23.2 Å². The SMILES string of the molecule is CN(Cc1ccccc1)S(=O)(=O)c1ccc(N=Cc2cccc3ccccc23)cc1. The van der Waals surface area contributed by atoms with E-state index in [-0.39, 0.29) is 4.90 Å². The summed E-state index contributed by atoms with van der Waals surface area (Å²) in [5, 5.41) is 2.29. The summed E-state index contributed by atoms with van der Waals surface area (Å²) in [4.78, 5) is 4.78. The number of sulfonamides is 1. The molecule has 0 saturated carbocycles. The van der Waals surface area contributed by atoms with E-state index in [0.29, 0.717) is 12.2 Å². The fraction of sp³-hybridized carbons (Fsp3) is 0.0800. The Morgan fingerprint density at radius 2 is 1.47 bits per heavy atom. The molecule has 0 aliphatic heterocycles. The van der Waals surface area contributed by atoms with E-state index in [0.717, 1.165) is 21.9 Å². The van der Waals surface area contributed by atoms with Gasteiger partial charge in [-0.2, -0.15) is 4.31 Å². The van der Waals surface area contributed by atoms with Crippen LogP contribution in [0.4, 0.5) is 5.69 Å². The predicted octanol–water partition coefficient (Wildman–Crippen LogP) is 5.41. The molecule has 4 nitrogen and oxygen atoms in total. The number of aliphatic imine (C=N–C) groups is 1. The Morgan fingerprint density at radius 3 is 2.23 bits per heavy atom. The van der Waals surface area contributed by atoms with Crippen LogP contribution in [0.25, 0.3) is 10.8 Å². The van der Waals surface area contributed by atoms with Gasteiger partial charge < -0.3 is 0 Å². The lowest BCUT2D eigenvalue weighted by molar-refractivity contribution is 0.467. The Bertz CT molecular complexity index is 1280. The third-order valence-electron chi connectivity index (χ3n) is 4.97.